The maximum absolute atomic E-state index is 14.5. The Labute approximate surface area is 183 Å². The van der Waals surface area contributed by atoms with Crippen molar-refractivity contribution in [2.24, 2.45) is 0 Å². The van der Waals surface area contributed by atoms with Gasteiger partial charge in [-0.25, -0.2) is 8.60 Å². The number of hydrogen-bond acceptors (Lipinski definition) is 3. The van der Waals surface area contributed by atoms with E-state index in [1.807, 2.05) is 78.9 Å². The Morgan fingerprint density at radius 1 is 0.645 bits per heavy atom. The molecule has 0 aliphatic heterocycles. The lowest BCUT2D eigenvalue weighted by atomic mass is 10.2. The summed E-state index contributed by atoms with van der Waals surface area (Å²) in [5.41, 5.74) is 1.85. The molecule has 0 aliphatic carbocycles. The van der Waals surface area contributed by atoms with Crippen LogP contribution in [0.4, 0.5) is 4.39 Å². The van der Waals surface area contributed by atoms with Gasteiger partial charge >= 0.3 is 0 Å². The van der Waals surface area contributed by atoms with Crippen LogP contribution in [-0.4, -0.2) is 4.21 Å². The number of rotatable bonds is 8. The summed E-state index contributed by atoms with van der Waals surface area (Å²) >= 11 is 0. The zero-order chi connectivity index (χ0) is 21.5. The van der Waals surface area contributed by atoms with Crippen LogP contribution in [0.15, 0.2) is 113 Å². The van der Waals surface area contributed by atoms with Gasteiger partial charge in [0.25, 0.3) is 0 Å². The maximum atomic E-state index is 14.5. The minimum Gasteiger partial charge on any atom is -0.487 e. The minimum atomic E-state index is -1.61. The Balaban J connectivity index is 1.70. The second kappa shape index (κ2) is 10.0. The van der Waals surface area contributed by atoms with Gasteiger partial charge < -0.3 is 9.47 Å². The van der Waals surface area contributed by atoms with E-state index in [1.54, 1.807) is 12.1 Å². The highest BCUT2D eigenvalue weighted by Gasteiger charge is 2.21. The molecule has 0 saturated heterocycles. The van der Waals surface area contributed by atoms with E-state index >= 15 is 0 Å². The molecule has 4 aromatic rings. The molecule has 1 unspecified atom stereocenters. The molecule has 0 heterocycles. The molecule has 0 radical (unpaired) electrons. The molecule has 0 N–H and O–H groups in total. The Morgan fingerprint density at radius 2 is 1.06 bits per heavy atom. The molecule has 0 aromatic heterocycles. The predicted molar refractivity (Wildman–Crippen MR) is 119 cm³/mol. The molecule has 3 nitrogen and oxygen atoms in total. The van der Waals surface area contributed by atoms with E-state index in [2.05, 4.69) is 0 Å². The van der Waals surface area contributed by atoms with E-state index in [1.165, 1.54) is 12.1 Å². The van der Waals surface area contributed by atoms with E-state index < -0.39 is 16.6 Å². The minimum absolute atomic E-state index is 0.203. The number of ether oxygens (including phenoxy) is 2. The summed E-state index contributed by atoms with van der Waals surface area (Å²) in [6, 6.07) is 30.6. The Bertz CT molecular complexity index is 1080. The van der Waals surface area contributed by atoms with Crippen LogP contribution < -0.4 is 9.47 Å². The molecule has 156 valence electrons. The van der Waals surface area contributed by atoms with Gasteiger partial charge in [0.1, 0.15) is 35.4 Å². The molecule has 0 spiro atoms. The quantitative estimate of drug-likeness (QED) is 0.335. The molecule has 0 saturated carbocycles. The fourth-order valence-electron chi connectivity index (χ4n) is 3.07. The largest absolute Gasteiger partial charge is 0.487 e. The van der Waals surface area contributed by atoms with Crippen molar-refractivity contribution >= 4 is 10.8 Å². The second-order valence-electron chi connectivity index (χ2n) is 6.86. The molecule has 31 heavy (non-hydrogen) atoms. The highest BCUT2D eigenvalue weighted by molar-refractivity contribution is 7.85. The lowest BCUT2D eigenvalue weighted by Gasteiger charge is -2.17. The Morgan fingerprint density at radius 3 is 1.52 bits per heavy atom. The van der Waals surface area contributed by atoms with E-state index in [0.717, 1.165) is 11.1 Å². The first-order valence-corrected chi connectivity index (χ1v) is 11.0. The average Bonchev–Trinajstić information content (AvgIpc) is 2.82. The number of benzene rings is 4. The first kappa shape index (κ1) is 20.8. The molecule has 0 bridgehead atoms. The van der Waals surface area contributed by atoms with Gasteiger partial charge in [-0.3, -0.25) is 0 Å². The van der Waals surface area contributed by atoms with Gasteiger partial charge in [-0.1, -0.05) is 78.9 Å². The molecule has 0 fully saturated rings. The molecule has 5 heteroatoms. The lowest BCUT2D eigenvalue weighted by molar-refractivity contribution is 0.273. The first-order valence-electron chi connectivity index (χ1n) is 9.84. The van der Waals surface area contributed by atoms with Crippen molar-refractivity contribution in [3.63, 3.8) is 0 Å². The topological polar surface area (TPSA) is 35.5 Å². The molecular weight excluding hydrogens is 411 g/mol. The fourth-order valence-corrected chi connectivity index (χ4v) is 4.32. The van der Waals surface area contributed by atoms with Gasteiger partial charge in [-0.15, -0.1) is 0 Å². The third-order valence-corrected chi connectivity index (χ3v) is 6.08. The highest BCUT2D eigenvalue weighted by Crippen LogP contribution is 2.37. The van der Waals surface area contributed by atoms with E-state index in [9.17, 15) is 8.60 Å². The number of halogens is 1. The van der Waals surface area contributed by atoms with E-state index in [-0.39, 0.29) is 24.7 Å². The lowest BCUT2D eigenvalue weighted by Crippen LogP contribution is -2.06. The predicted octanol–water partition coefficient (Wildman–Crippen LogP) is 6.15. The van der Waals surface area contributed by atoms with Gasteiger partial charge in [0.15, 0.2) is 0 Å². The van der Waals surface area contributed by atoms with Crippen molar-refractivity contribution in [2.45, 2.75) is 23.0 Å². The summed E-state index contributed by atoms with van der Waals surface area (Å²) in [7, 11) is -1.61. The van der Waals surface area contributed by atoms with Crippen LogP contribution in [0, 0.1) is 5.82 Å². The molecule has 0 aliphatic rings. The van der Waals surface area contributed by atoms with Gasteiger partial charge in [-0.2, -0.15) is 0 Å². The zero-order valence-corrected chi connectivity index (χ0v) is 17.6. The van der Waals surface area contributed by atoms with Gasteiger partial charge in [0.05, 0.1) is 10.8 Å². The third kappa shape index (κ3) is 5.38. The van der Waals surface area contributed by atoms with Gasteiger partial charge in [0, 0.05) is 17.0 Å². The summed E-state index contributed by atoms with van der Waals surface area (Å²) < 4.78 is 39.8. The van der Waals surface area contributed by atoms with Crippen LogP contribution >= 0.6 is 0 Å². The van der Waals surface area contributed by atoms with E-state index in [4.69, 9.17) is 9.47 Å². The van der Waals surface area contributed by atoms with Crippen molar-refractivity contribution in [1.82, 2.24) is 0 Å². The van der Waals surface area contributed by atoms with Gasteiger partial charge in [0.2, 0.25) is 0 Å². The monoisotopic (exact) mass is 432 g/mol. The summed E-state index contributed by atoms with van der Waals surface area (Å²) in [6.07, 6.45) is 0. The molecule has 1 atom stereocenters. The number of hydrogen-bond donors (Lipinski definition) is 0. The van der Waals surface area contributed by atoms with E-state index in [0.29, 0.717) is 9.79 Å². The van der Waals surface area contributed by atoms with Gasteiger partial charge in [-0.05, 0) is 23.3 Å². The second-order valence-corrected chi connectivity index (χ2v) is 8.28. The normalized spacial score (nSPS) is 11.6. The summed E-state index contributed by atoms with van der Waals surface area (Å²) in [6.45, 7) is 0.447. The van der Waals surface area contributed by atoms with Crippen LogP contribution in [0.3, 0.4) is 0 Å². The zero-order valence-electron chi connectivity index (χ0n) is 16.7. The third-order valence-electron chi connectivity index (χ3n) is 4.60. The van der Waals surface area contributed by atoms with Crippen LogP contribution in [0.1, 0.15) is 11.1 Å². The van der Waals surface area contributed by atoms with Crippen molar-refractivity contribution in [3.05, 3.63) is 120 Å². The Hall–Kier alpha value is -3.44. The molecule has 0 amide bonds. The van der Waals surface area contributed by atoms with Crippen molar-refractivity contribution in [3.8, 4) is 11.5 Å². The fraction of sp³-hybridized carbons (Fsp3) is 0.0769. The first-order chi connectivity index (χ1) is 15.2. The molecule has 4 rings (SSSR count). The standard InChI is InChI=1S/C26H21FO3S/c27-22-16-24(29-18-20-10-4-1-5-11-20)26(31(28)23-14-8-3-9-15-23)25(17-22)30-19-21-12-6-2-7-13-21/h1-17H,18-19H2. The Kier molecular flexibility index (Phi) is 6.75. The summed E-state index contributed by atoms with van der Waals surface area (Å²) in [5.74, 6) is -0.108. The summed E-state index contributed by atoms with van der Waals surface area (Å²) in [5, 5.41) is 0. The summed E-state index contributed by atoms with van der Waals surface area (Å²) in [4.78, 5) is 0.905. The van der Waals surface area contributed by atoms with Crippen molar-refractivity contribution in [1.29, 1.82) is 0 Å². The van der Waals surface area contributed by atoms with Crippen LogP contribution in [-0.2, 0) is 24.0 Å². The molecule has 4 aromatic carbocycles. The highest BCUT2D eigenvalue weighted by atomic mass is 32.2. The molecular formula is C26H21FO3S. The van der Waals surface area contributed by atoms with Crippen molar-refractivity contribution < 1.29 is 18.1 Å². The van der Waals surface area contributed by atoms with Crippen molar-refractivity contribution in [2.75, 3.05) is 0 Å². The SMILES string of the molecule is O=S(c1ccccc1)c1c(OCc2ccccc2)cc(F)cc1OCc1ccccc1. The van der Waals surface area contributed by atoms with Crippen LogP contribution in [0.2, 0.25) is 0 Å². The smallest absolute Gasteiger partial charge is 0.143 e. The van der Waals surface area contributed by atoms with Crippen LogP contribution in [0.5, 0.6) is 11.5 Å². The average molecular weight is 433 g/mol. The maximum Gasteiger partial charge on any atom is 0.143 e. The van der Waals surface area contributed by atoms with Crippen LogP contribution in [0.25, 0.3) is 0 Å².